The number of hydrogen-bond donors (Lipinski definition) is 0. The highest BCUT2D eigenvalue weighted by Crippen LogP contribution is 2.23. The Balaban J connectivity index is 2.90. The van der Waals surface area contributed by atoms with Crippen LogP contribution in [0.25, 0.3) is 0 Å². The Labute approximate surface area is 152 Å². The lowest BCUT2D eigenvalue weighted by Crippen LogP contribution is -2.49. The summed E-state index contributed by atoms with van der Waals surface area (Å²) in [5.41, 5.74) is 3.03. The van der Waals surface area contributed by atoms with Crippen molar-refractivity contribution in [1.82, 2.24) is 0 Å². The van der Waals surface area contributed by atoms with E-state index in [0.29, 0.717) is 5.92 Å². The Morgan fingerprint density at radius 3 is 1.58 bits per heavy atom. The molecule has 24 heavy (non-hydrogen) atoms. The van der Waals surface area contributed by atoms with Gasteiger partial charge in [0.05, 0.1) is 19.6 Å². The van der Waals surface area contributed by atoms with Crippen LogP contribution in [-0.4, -0.2) is 24.1 Å². The van der Waals surface area contributed by atoms with E-state index < -0.39 is 0 Å². The van der Waals surface area contributed by atoms with Gasteiger partial charge in [-0.05, 0) is 37.2 Å². The van der Waals surface area contributed by atoms with Crippen LogP contribution in [0.1, 0.15) is 96.6 Å². The fourth-order valence-corrected chi connectivity index (χ4v) is 3.63. The molecule has 0 radical (unpaired) electrons. The third-order valence-electron chi connectivity index (χ3n) is 5.64. The molecule has 1 aromatic carbocycles. The quantitative estimate of drug-likeness (QED) is 0.344. The molecule has 138 valence electrons. The largest absolute Gasteiger partial charge is 0.320 e. The van der Waals surface area contributed by atoms with Crippen LogP contribution in [0.15, 0.2) is 24.3 Å². The maximum Gasteiger partial charge on any atom is 0.104 e. The topological polar surface area (TPSA) is 0 Å². The molecule has 1 heteroatoms. The highest BCUT2D eigenvalue weighted by molar-refractivity contribution is 5.24. The van der Waals surface area contributed by atoms with E-state index in [0.717, 1.165) is 0 Å². The normalized spacial score (nSPS) is 13.2. The van der Waals surface area contributed by atoms with Gasteiger partial charge in [-0.3, -0.25) is 0 Å². The molecule has 1 nitrogen and oxygen atoms in total. The van der Waals surface area contributed by atoms with Gasteiger partial charge in [0.1, 0.15) is 6.54 Å². The van der Waals surface area contributed by atoms with Crippen molar-refractivity contribution in [2.75, 3.05) is 19.6 Å². The van der Waals surface area contributed by atoms with Crippen molar-refractivity contribution in [2.24, 2.45) is 0 Å². The van der Waals surface area contributed by atoms with E-state index in [1.54, 1.807) is 0 Å². The van der Waals surface area contributed by atoms with Crippen LogP contribution in [0.5, 0.6) is 0 Å². The molecule has 0 N–H and O–H groups in total. The zero-order valence-corrected chi connectivity index (χ0v) is 17.1. The van der Waals surface area contributed by atoms with Crippen molar-refractivity contribution in [3.63, 3.8) is 0 Å². The van der Waals surface area contributed by atoms with Crippen molar-refractivity contribution in [3.05, 3.63) is 35.4 Å². The molecule has 0 aromatic heterocycles. The minimum atomic E-state index is 0.679. The minimum Gasteiger partial charge on any atom is -0.320 e. The Morgan fingerprint density at radius 1 is 0.750 bits per heavy atom. The second-order valence-corrected chi connectivity index (χ2v) is 7.78. The van der Waals surface area contributed by atoms with E-state index in [4.69, 9.17) is 0 Å². The van der Waals surface area contributed by atoms with Crippen LogP contribution in [0.3, 0.4) is 0 Å². The first-order valence-corrected chi connectivity index (χ1v) is 10.5. The highest BCUT2D eigenvalue weighted by atomic mass is 15.3. The number of unbranched alkanes of at least 4 members (excludes halogenated alkanes) is 3. The molecule has 0 spiro atoms. The minimum absolute atomic E-state index is 0.679. The van der Waals surface area contributed by atoms with Crippen LogP contribution in [0, 0.1) is 0 Å². The predicted octanol–water partition coefficient (Wildman–Crippen LogP) is 6.92. The van der Waals surface area contributed by atoms with Crippen LogP contribution < -0.4 is 0 Å². The molecular formula is C23H42N+. The molecule has 0 amide bonds. The first-order valence-electron chi connectivity index (χ1n) is 10.5. The molecule has 0 fully saturated rings. The molecule has 0 aliphatic carbocycles. The van der Waals surface area contributed by atoms with Crippen molar-refractivity contribution < 1.29 is 4.48 Å². The third-order valence-corrected chi connectivity index (χ3v) is 5.64. The molecule has 0 aliphatic rings. The molecule has 1 atom stereocenters. The van der Waals surface area contributed by atoms with Crippen LogP contribution in [0.4, 0.5) is 0 Å². The van der Waals surface area contributed by atoms with Crippen molar-refractivity contribution >= 4 is 0 Å². The summed E-state index contributed by atoms with van der Waals surface area (Å²) in [6.07, 6.45) is 9.24. The van der Waals surface area contributed by atoms with Gasteiger partial charge in [-0.2, -0.15) is 0 Å². The highest BCUT2D eigenvalue weighted by Gasteiger charge is 2.26. The van der Waals surface area contributed by atoms with Gasteiger partial charge in [0.15, 0.2) is 0 Å². The van der Waals surface area contributed by atoms with E-state index in [1.165, 1.54) is 86.7 Å². The summed E-state index contributed by atoms with van der Waals surface area (Å²) in [6.45, 7) is 16.9. The molecule has 0 heterocycles. The fourth-order valence-electron chi connectivity index (χ4n) is 3.63. The number of benzene rings is 1. The Hall–Kier alpha value is -0.820. The summed E-state index contributed by atoms with van der Waals surface area (Å²) in [7, 11) is 0. The molecule has 1 aromatic rings. The monoisotopic (exact) mass is 332 g/mol. The Bertz CT molecular complexity index is 398. The molecule has 0 bridgehead atoms. The number of quaternary nitrogens is 1. The SMILES string of the molecule is CCCC[N+](CCCC)(CCCC)Cc1ccc(C(C)CC)cc1. The number of nitrogens with zero attached hydrogens (tertiary/aromatic N) is 1. The van der Waals surface area contributed by atoms with Crippen molar-refractivity contribution in [1.29, 1.82) is 0 Å². The van der Waals surface area contributed by atoms with Crippen molar-refractivity contribution in [3.8, 4) is 0 Å². The second kappa shape index (κ2) is 11.7. The van der Waals surface area contributed by atoms with E-state index in [2.05, 4.69) is 58.9 Å². The summed E-state index contributed by atoms with van der Waals surface area (Å²) >= 11 is 0. The fraction of sp³-hybridized carbons (Fsp3) is 0.739. The Kier molecular flexibility index (Phi) is 10.3. The van der Waals surface area contributed by atoms with Gasteiger partial charge in [-0.25, -0.2) is 0 Å². The van der Waals surface area contributed by atoms with Gasteiger partial charge < -0.3 is 4.48 Å². The van der Waals surface area contributed by atoms with E-state index in [1.807, 2.05) is 0 Å². The van der Waals surface area contributed by atoms with E-state index in [9.17, 15) is 0 Å². The maximum atomic E-state index is 2.40. The zero-order valence-electron chi connectivity index (χ0n) is 17.1. The van der Waals surface area contributed by atoms with Crippen LogP contribution in [-0.2, 0) is 6.54 Å². The molecule has 0 saturated heterocycles. The van der Waals surface area contributed by atoms with Gasteiger partial charge in [-0.1, -0.05) is 78.1 Å². The molecule has 1 unspecified atom stereocenters. The summed E-state index contributed by atoms with van der Waals surface area (Å²) in [6, 6.07) is 9.55. The molecule has 1 rings (SSSR count). The summed E-state index contributed by atoms with van der Waals surface area (Å²) < 4.78 is 1.30. The lowest BCUT2D eigenvalue weighted by Gasteiger charge is -2.39. The summed E-state index contributed by atoms with van der Waals surface area (Å²) in [4.78, 5) is 0. The first kappa shape index (κ1) is 21.2. The standard InChI is InChI=1S/C23H42N/c1-6-10-17-24(18-11-7-2,19-12-8-3)20-22-13-15-23(16-14-22)21(5)9-4/h13-16,21H,6-12,17-20H2,1-5H3/q+1. The molecule has 0 aliphatic heterocycles. The Morgan fingerprint density at radius 2 is 1.21 bits per heavy atom. The van der Waals surface area contributed by atoms with Gasteiger partial charge in [-0.15, -0.1) is 0 Å². The van der Waals surface area contributed by atoms with Gasteiger partial charge >= 0.3 is 0 Å². The van der Waals surface area contributed by atoms with Gasteiger partial charge in [0.2, 0.25) is 0 Å². The molecule has 0 saturated carbocycles. The smallest absolute Gasteiger partial charge is 0.104 e. The summed E-state index contributed by atoms with van der Waals surface area (Å²) in [5, 5.41) is 0. The number of hydrogen-bond acceptors (Lipinski definition) is 0. The van der Waals surface area contributed by atoms with Crippen LogP contribution >= 0.6 is 0 Å². The van der Waals surface area contributed by atoms with Gasteiger partial charge in [0, 0.05) is 5.56 Å². The second-order valence-electron chi connectivity index (χ2n) is 7.78. The average Bonchev–Trinajstić information content (AvgIpc) is 2.62. The lowest BCUT2D eigenvalue weighted by atomic mass is 9.97. The van der Waals surface area contributed by atoms with E-state index >= 15 is 0 Å². The average molecular weight is 333 g/mol. The predicted molar refractivity (Wildman–Crippen MR) is 108 cm³/mol. The zero-order chi connectivity index (χ0) is 17.8. The van der Waals surface area contributed by atoms with Crippen molar-refractivity contribution in [2.45, 2.75) is 92.0 Å². The van der Waals surface area contributed by atoms with Crippen LogP contribution in [0.2, 0.25) is 0 Å². The van der Waals surface area contributed by atoms with Gasteiger partial charge in [0.25, 0.3) is 0 Å². The number of rotatable bonds is 13. The molecular weight excluding hydrogens is 290 g/mol. The third kappa shape index (κ3) is 6.97. The summed E-state index contributed by atoms with van der Waals surface area (Å²) in [5.74, 6) is 0.679. The maximum absolute atomic E-state index is 2.40. The lowest BCUT2D eigenvalue weighted by molar-refractivity contribution is -0.941. The van der Waals surface area contributed by atoms with E-state index in [-0.39, 0.29) is 0 Å². The first-order chi connectivity index (χ1) is 11.6.